The number of halogens is 1. The Labute approximate surface area is 198 Å². The number of carbonyl (C=O) groups is 3. The molecular weight excluding hydrogens is 480 g/mol. The molecule has 0 aromatic carbocycles. The molecule has 3 aliphatic heterocycles. The number of hydrogen-bond acceptors (Lipinski definition) is 5. The molecule has 0 aromatic heterocycles. The zero-order chi connectivity index (χ0) is 23.6. The maximum Gasteiger partial charge on any atom is 0.310 e. The molecule has 3 fully saturated rings. The summed E-state index contributed by atoms with van der Waals surface area (Å²) >= 11 is 3.56. The third-order valence-electron chi connectivity index (χ3n) is 7.21. The molecule has 9 heteroatoms. The van der Waals surface area contributed by atoms with Crippen molar-refractivity contribution in [2.75, 3.05) is 19.7 Å². The summed E-state index contributed by atoms with van der Waals surface area (Å²) < 4.78 is 6.30. The molecule has 3 aliphatic rings. The van der Waals surface area contributed by atoms with E-state index in [-0.39, 0.29) is 29.3 Å². The number of carboxylic acids is 1. The van der Waals surface area contributed by atoms with Crippen LogP contribution < -0.4 is 0 Å². The molecule has 0 aliphatic carbocycles. The highest BCUT2D eigenvalue weighted by atomic mass is 79.9. The van der Waals surface area contributed by atoms with E-state index in [4.69, 9.17) is 9.84 Å². The summed E-state index contributed by atoms with van der Waals surface area (Å²) in [6.07, 6.45) is 5.16. The van der Waals surface area contributed by atoms with Crippen LogP contribution in [0.15, 0.2) is 12.7 Å². The van der Waals surface area contributed by atoms with Gasteiger partial charge in [0.2, 0.25) is 11.8 Å². The molecule has 0 saturated carbocycles. The molecule has 3 heterocycles. The lowest BCUT2D eigenvalue weighted by molar-refractivity contribution is -0.151. The van der Waals surface area contributed by atoms with Crippen molar-refractivity contribution in [3.8, 4) is 0 Å². The van der Waals surface area contributed by atoms with Gasteiger partial charge in [-0.25, -0.2) is 0 Å². The molecule has 2 N–H and O–H groups in total. The number of fused-ring (bicyclic) bond motifs is 1. The fraction of sp³-hybridized carbons (Fsp3) is 0.783. The van der Waals surface area contributed by atoms with Crippen LogP contribution in [0.25, 0.3) is 0 Å². The van der Waals surface area contributed by atoms with E-state index in [1.165, 1.54) is 0 Å². The summed E-state index contributed by atoms with van der Waals surface area (Å²) in [6.45, 7) is 8.61. The van der Waals surface area contributed by atoms with Gasteiger partial charge in [-0.3, -0.25) is 14.4 Å². The summed E-state index contributed by atoms with van der Waals surface area (Å²) in [7, 11) is 0. The van der Waals surface area contributed by atoms with E-state index in [0.717, 1.165) is 12.8 Å². The van der Waals surface area contributed by atoms with Crippen LogP contribution in [0.4, 0.5) is 0 Å². The summed E-state index contributed by atoms with van der Waals surface area (Å²) in [5.74, 6) is -3.40. The summed E-state index contributed by atoms with van der Waals surface area (Å²) in [5, 5.41) is 19.0. The Morgan fingerprint density at radius 1 is 1.41 bits per heavy atom. The maximum atomic E-state index is 14.0. The van der Waals surface area contributed by atoms with Gasteiger partial charge in [-0.05, 0) is 39.0 Å². The van der Waals surface area contributed by atoms with Gasteiger partial charge in [0.05, 0.1) is 17.9 Å². The quantitative estimate of drug-likeness (QED) is 0.235. The van der Waals surface area contributed by atoms with Crippen molar-refractivity contribution in [1.29, 1.82) is 0 Å². The van der Waals surface area contributed by atoms with Crippen LogP contribution in [-0.2, 0) is 19.1 Å². The molecule has 1 spiro atoms. The van der Waals surface area contributed by atoms with E-state index in [1.54, 1.807) is 15.9 Å². The Kier molecular flexibility index (Phi) is 8.04. The van der Waals surface area contributed by atoms with Crippen molar-refractivity contribution in [2.24, 2.45) is 11.8 Å². The van der Waals surface area contributed by atoms with Crippen molar-refractivity contribution < 1.29 is 29.3 Å². The third-order valence-corrected chi connectivity index (χ3v) is 8.06. The zero-order valence-electron chi connectivity index (χ0n) is 18.9. The second-order valence-corrected chi connectivity index (χ2v) is 10.4. The van der Waals surface area contributed by atoms with Gasteiger partial charge in [0.15, 0.2) is 0 Å². The number of likely N-dealkylation sites (tertiary alicyclic amines) is 1. The number of aliphatic hydroxyl groups is 1. The SMILES string of the molecule is C=CCN(C(=O)[C@H]1N(CCCCCO)C(=O)[C@@H]2[C@@H](C(=O)O)[C@@H]3O[C@@]21CC3Br)C(C)CCC. The molecule has 3 saturated heterocycles. The zero-order valence-corrected chi connectivity index (χ0v) is 20.5. The number of alkyl halides is 1. The number of ether oxygens (including phenoxy) is 1. The van der Waals surface area contributed by atoms with Gasteiger partial charge < -0.3 is 24.7 Å². The second-order valence-electron chi connectivity index (χ2n) is 9.23. The number of amides is 2. The van der Waals surface area contributed by atoms with Crippen molar-refractivity contribution >= 4 is 33.7 Å². The van der Waals surface area contributed by atoms with Gasteiger partial charge in [0.1, 0.15) is 11.6 Å². The number of hydrogen-bond donors (Lipinski definition) is 2. The van der Waals surface area contributed by atoms with Crippen molar-refractivity contribution in [3.05, 3.63) is 12.7 Å². The average Bonchev–Trinajstić information content (AvgIpc) is 3.33. The molecule has 180 valence electrons. The Morgan fingerprint density at radius 3 is 2.72 bits per heavy atom. The molecular formula is C23H35BrN2O6. The highest BCUT2D eigenvalue weighted by Crippen LogP contribution is 2.60. The van der Waals surface area contributed by atoms with Gasteiger partial charge in [0.25, 0.3) is 0 Å². The molecule has 3 rings (SSSR count). The lowest BCUT2D eigenvalue weighted by Gasteiger charge is -2.39. The summed E-state index contributed by atoms with van der Waals surface area (Å²) in [5.41, 5.74) is -1.14. The van der Waals surface area contributed by atoms with Gasteiger partial charge in [-0.1, -0.05) is 35.4 Å². The lowest BCUT2D eigenvalue weighted by Crippen LogP contribution is -2.58. The van der Waals surface area contributed by atoms with Crippen LogP contribution in [0.1, 0.15) is 52.4 Å². The first-order valence-electron chi connectivity index (χ1n) is 11.6. The smallest absolute Gasteiger partial charge is 0.310 e. The molecule has 2 bridgehead atoms. The van der Waals surface area contributed by atoms with Crippen LogP contribution in [0.5, 0.6) is 0 Å². The predicted molar refractivity (Wildman–Crippen MR) is 122 cm³/mol. The molecule has 7 atom stereocenters. The van der Waals surface area contributed by atoms with Gasteiger partial charge in [0, 0.05) is 30.6 Å². The molecule has 0 radical (unpaired) electrons. The minimum atomic E-state index is -1.14. The monoisotopic (exact) mass is 514 g/mol. The van der Waals surface area contributed by atoms with Crippen molar-refractivity contribution in [3.63, 3.8) is 0 Å². The first-order chi connectivity index (χ1) is 15.2. The number of rotatable bonds is 12. The molecule has 32 heavy (non-hydrogen) atoms. The van der Waals surface area contributed by atoms with Crippen LogP contribution in [0.2, 0.25) is 0 Å². The largest absolute Gasteiger partial charge is 0.481 e. The Bertz CT molecular complexity index is 748. The Hall–Kier alpha value is -1.45. The first-order valence-corrected chi connectivity index (χ1v) is 12.5. The normalized spacial score (nSPS) is 33.9. The Morgan fingerprint density at radius 2 is 2.12 bits per heavy atom. The van der Waals surface area contributed by atoms with Gasteiger partial charge in [-0.2, -0.15) is 0 Å². The number of aliphatic carboxylic acids is 1. The van der Waals surface area contributed by atoms with E-state index < -0.39 is 35.6 Å². The number of aliphatic hydroxyl groups excluding tert-OH is 1. The first kappa shape index (κ1) is 25.2. The fourth-order valence-corrected chi connectivity index (χ4v) is 6.80. The highest BCUT2D eigenvalue weighted by molar-refractivity contribution is 9.09. The standard InChI is InChI=1S/C23H35BrN2O6/c1-4-9-14(3)25(10-5-2)21(29)19-23-13-15(24)18(32-23)16(22(30)31)17(23)20(28)26(19)11-7-6-8-12-27/h5,14-19,27H,2,4,6-13H2,1,3H3,(H,30,31)/t14?,15?,16-,17+,18-,19-,23+/m1/s1. The lowest BCUT2D eigenvalue weighted by atomic mass is 9.70. The number of unbranched alkanes of at least 4 members (excludes halogenated alkanes) is 2. The molecule has 0 aromatic rings. The Balaban J connectivity index is 2.00. The van der Waals surface area contributed by atoms with E-state index >= 15 is 0 Å². The molecule has 8 nitrogen and oxygen atoms in total. The van der Waals surface area contributed by atoms with Crippen LogP contribution in [0, 0.1) is 11.8 Å². The fourth-order valence-electron chi connectivity index (χ4n) is 5.86. The topological polar surface area (TPSA) is 107 Å². The summed E-state index contributed by atoms with van der Waals surface area (Å²) in [4.78, 5) is 42.8. The van der Waals surface area contributed by atoms with E-state index in [9.17, 15) is 19.5 Å². The molecule has 2 amide bonds. The number of carboxylic acid groups (broad SMARTS) is 1. The van der Waals surface area contributed by atoms with E-state index in [1.807, 2.05) is 6.92 Å². The van der Waals surface area contributed by atoms with Gasteiger partial charge in [-0.15, -0.1) is 6.58 Å². The van der Waals surface area contributed by atoms with Crippen LogP contribution >= 0.6 is 15.9 Å². The summed E-state index contributed by atoms with van der Waals surface area (Å²) in [6, 6.07) is -0.899. The van der Waals surface area contributed by atoms with E-state index in [0.29, 0.717) is 38.8 Å². The van der Waals surface area contributed by atoms with Crippen molar-refractivity contribution in [1.82, 2.24) is 9.80 Å². The number of nitrogens with zero attached hydrogens (tertiary/aromatic N) is 2. The predicted octanol–water partition coefficient (Wildman–Crippen LogP) is 2.18. The van der Waals surface area contributed by atoms with Crippen LogP contribution in [0.3, 0.4) is 0 Å². The third kappa shape index (κ3) is 4.12. The van der Waals surface area contributed by atoms with Crippen molar-refractivity contribution in [2.45, 2.75) is 81.0 Å². The minimum Gasteiger partial charge on any atom is -0.481 e. The number of carbonyl (C=O) groups excluding carboxylic acids is 2. The van der Waals surface area contributed by atoms with E-state index in [2.05, 4.69) is 29.4 Å². The highest BCUT2D eigenvalue weighted by Gasteiger charge is 2.76. The maximum absolute atomic E-state index is 14.0. The average molecular weight is 515 g/mol. The van der Waals surface area contributed by atoms with Gasteiger partial charge >= 0.3 is 5.97 Å². The molecule has 2 unspecified atom stereocenters. The minimum absolute atomic E-state index is 0.0408. The van der Waals surface area contributed by atoms with Crippen LogP contribution in [-0.4, -0.2) is 86.1 Å². The second kappa shape index (κ2) is 10.2.